The van der Waals surface area contributed by atoms with Crippen molar-refractivity contribution < 1.29 is 9.53 Å². The molecule has 0 aliphatic carbocycles. The van der Waals surface area contributed by atoms with E-state index in [0.29, 0.717) is 19.6 Å². The van der Waals surface area contributed by atoms with Crippen LogP contribution in [0.25, 0.3) is 0 Å². The molecule has 1 unspecified atom stereocenters. The number of likely N-dealkylation sites (N-methyl/N-ethyl adjacent to an activating group) is 1. The van der Waals surface area contributed by atoms with Gasteiger partial charge in [0.1, 0.15) is 17.7 Å². The predicted molar refractivity (Wildman–Crippen MR) is 111 cm³/mol. The van der Waals surface area contributed by atoms with Crippen molar-refractivity contribution in [3.8, 4) is 5.75 Å². The highest BCUT2D eigenvalue weighted by Gasteiger charge is 2.27. The number of carbonyl (C=O) groups is 1. The molecule has 4 rings (SSSR count). The summed E-state index contributed by atoms with van der Waals surface area (Å²) in [4.78, 5) is 27.5. The molecule has 8 nitrogen and oxygen atoms in total. The second-order valence-corrected chi connectivity index (χ2v) is 7.63. The van der Waals surface area contributed by atoms with E-state index in [1.54, 1.807) is 12.4 Å². The summed E-state index contributed by atoms with van der Waals surface area (Å²) in [6.45, 7) is 5.81. The van der Waals surface area contributed by atoms with Gasteiger partial charge < -0.3 is 24.8 Å². The Labute approximate surface area is 171 Å². The molecule has 2 aliphatic heterocycles. The molecule has 2 aromatic rings. The smallest absolute Gasteiger partial charge is 0.317 e. The largest absolute Gasteiger partial charge is 0.487 e. The summed E-state index contributed by atoms with van der Waals surface area (Å²) in [5.74, 6) is 1.73. The second-order valence-electron chi connectivity index (χ2n) is 7.63. The second kappa shape index (κ2) is 9.09. The Balaban J connectivity index is 1.26. The molecule has 8 heteroatoms. The van der Waals surface area contributed by atoms with E-state index in [2.05, 4.69) is 38.2 Å². The number of urea groups is 1. The van der Waals surface area contributed by atoms with Crippen molar-refractivity contribution in [1.82, 2.24) is 25.1 Å². The average molecular weight is 396 g/mol. The molecule has 154 valence electrons. The molecule has 4 heterocycles. The third-order valence-electron chi connectivity index (χ3n) is 5.45. The number of pyridine rings is 2. The molecule has 29 heavy (non-hydrogen) atoms. The Hall–Kier alpha value is -2.87. The van der Waals surface area contributed by atoms with Crippen LogP contribution in [0.2, 0.25) is 0 Å². The Morgan fingerprint density at radius 1 is 1.21 bits per heavy atom. The fraction of sp³-hybridized carbons (Fsp3) is 0.476. The Morgan fingerprint density at radius 3 is 2.86 bits per heavy atom. The van der Waals surface area contributed by atoms with Crippen LogP contribution in [0.1, 0.15) is 12.0 Å². The van der Waals surface area contributed by atoms with E-state index in [9.17, 15) is 4.79 Å². The number of ether oxygens (including phenoxy) is 1. The lowest BCUT2D eigenvalue weighted by Gasteiger charge is -2.33. The zero-order valence-electron chi connectivity index (χ0n) is 16.8. The molecular formula is C21H28N6O2. The number of amides is 2. The van der Waals surface area contributed by atoms with Gasteiger partial charge in [-0.15, -0.1) is 0 Å². The molecule has 0 saturated carbocycles. The maximum atomic E-state index is 12.6. The first-order chi connectivity index (χ1) is 14.2. The minimum Gasteiger partial charge on any atom is -0.487 e. The van der Waals surface area contributed by atoms with E-state index in [1.165, 1.54) is 0 Å². The summed E-state index contributed by atoms with van der Waals surface area (Å²) in [7, 11) is 2.14. The molecule has 1 N–H and O–H groups in total. The molecule has 0 bridgehead atoms. The Bertz CT molecular complexity index is 810. The van der Waals surface area contributed by atoms with Gasteiger partial charge in [-0.25, -0.2) is 9.78 Å². The number of likely N-dealkylation sites (tertiary alicyclic amines) is 1. The molecule has 0 radical (unpaired) electrons. The van der Waals surface area contributed by atoms with Crippen LogP contribution in [0, 0.1) is 0 Å². The summed E-state index contributed by atoms with van der Waals surface area (Å²) in [5, 5.41) is 3.03. The van der Waals surface area contributed by atoms with Gasteiger partial charge in [-0.05, 0) is 36.9 Å². The Kier molecular flexibility index (Phi) is 6.09. The fourth-order valence-corrected chi connectivity index (χ4v) is 3.69. The van der Waals surface area contributed by atoms with E-state index >= 15 is 0 Å². The summed E-state index contributed by atoms with van der Waals surface area (Å²) in [5.41, 5.74) is 1.06. The number of anilines is 1. The van der Waals surface area contributed by atoms with Crippen molar-refractivity contribution in [2.45, 2.75) is 19.1 Å². The monoisotopic (exact) mass is 396 g/mol. The quantitative estimate of drug-likeness (QED) is 0.828. The molecule has 0 spiro atoms. The van der Waals surface area contributed by atoms with Crippen LogP contribution < -0.4 is 15.0 Å². The van der Waals surface area contributed by atoms with Gasteiger partial charge in [0, 0.05) is 58.1 Å². The van der Waals surface area contributed by atoms with Gasteiger partial charge in [-0.2, -0.15) is 0 Å². The first-order valence-corrected chi connectivity index (χ1v) is 10.2. The van der Waals surface area contributed by atoms with E-state index < -0.39 is 0 Å². The van der Waals surface area contributed by atoms with Crippen LogP contribution in [0.15, 0.2) is 42.9 Å². The molecule has 2 aliphatic rings. The summed E-state index contributed by atoms with van der Waals surface area (Å²) >= 11 is 0. The standard InChI is InChI=1S/C21H28N6O2/c1-25-9-11-26(12-10-25)20-13-17(4-7-23-20)14-24-21(28)27-8-5-19(16-27)29-18-3-2-6-22-15-18/h2-4,6-7,13,15,19H,5,8-12,14,16H2,1H3,(H,24,28). The summed E-state index contributed by atoms with van der Waals surface area (Å²) in [6, 6.07) is 7.71. The molecule has 2 saturated heterocycles. The van der Waals surface area contributed by atoms with E-state index in [4.69, 9.17) is 4.74 Å². The zero-order valence-corrected chi connectivity index (χ0v) is 16.8. The van der Waals surface area contributed by atoms with Gasteiger partial charge in [0.2, 0.25) is 0 Å². The minimum atomic E-state index is -0.0553. The number of nitrogens with one attached hydrogen (secondary N) is 1. The van der Waals surface area contributed by atoms with Gasteiger partial charge in [-0.3, -0.25) is 4.98 Å². The van der Waals surface area contributed by atoms with Crippen LogP contribution in [0.4, 0.5) is 10.6 Å². The summed E-state index contributed by atoms with van der Waals surface area (Å²) in [6.07, 6.45) is 6.07. The molecule has 0 aromatic carbocycles. The number of nitrogens with zero attached hydrogens (tertiary/aromatic N) is 5. The number of piperazine rings is 1. The predicted octanol–water partition coefficient (Wildman–Crippen LogP) is 1.59. The molecule has 2 aromatic heterocycles. The van der Waals surface area contributed by atoms with Crippen LogP contribution in [0.5, 0.6) is 5.75 Å². The lowest BCUT2D eigenvalue weighted by molar-refractivity contribution is 0.186. The lowest BCUT2D eigenvalue weighted by Crippen LogP contribution is -2.44. The molecule has 2 amide bonds. The van der Waals surface area contributed by atoms with Crippen molar-refractivity contribution in [3.05, 3.63) is 48.4 Å². The average Bonchev–Trinajstić information content (AvgIpc) is 3.22. The van der Waals surface area contributed by atoms with Crippen LogP contribution >= 0.6 is 0 Å². The van der Waals surface area contributed by atoms with Crippen LogP contribution in [0.3, 0.4) is 0 Å². The molecule has 1 atom stereocenters. The van der Waals surface area contributed by atoms with Crippen molar-refractivity contribution in [2.24, 2.45) is 0 Å². The van der Waals surface area contributed by atoms with Crippen LogP contribution in [-0.4, -0.2) is 78.2 Å². The Morgan fingerprint density at radius 2 is 2.07 bits per heavy atom. The highest BCUT2D eigenvalue weighted by atomic mass is 16.5. The van der Waals surface area contributed by atoms with E-state index in [-0.39, 0.29) is 12.1 Å². The lowest BCUT2D eigenvalue weighted by atomic mass is 10.2. The van der Waals surface area contributed by atoms with Gasteiger partial charge in [0.25, 0.3) is 0 Å². The highest BCUT2D eigenvalue weighted by Crippen LogP contribution is 2.18. The minimum absolute atomic E-state index is 0.00899. The summed E-state index contributed by atoms with van der Waals surface area (Å²) < 4.78 is 5.91. The number of hydrogen-bond donors (Lipinski definition) is 1. The number of carbonyl (C=O) groups excluding carboxylic acids is 1. The van der Waals surface area contributed by atoms with Gasteiger partial charge in [0.05, 0.1) is 12.7 Å². The van der Waals surface area contributed by atoms with Gasteiger partial charge in [0.15, 0.2) is 0 Å². The van der Waals surface area contributed by atoms with Crippen molar-refractivity contribution in [2.75, 3.05) is 51.2 Å². The number of hydrogen-bond acceptors (Lipinski definition) is 6. The van der Waals surface area contributed by atoms with E-state index in [0.717, 1.165) is 49.7 Å². The maximum absolute atomic E-state index is 12.6. The first-order valence-electron chi connectivity index (χ1n) is 10.2. The van der Waals surface area contributed by atoms with Crippen molar-refractivity contribution >= 4 is 11.8 Å². The number of rotatable bonds is 5. The zero-order chi connectivity index (χ0) is 20.1. The fourth-order valence-electron chi connectivity index (χ4n) is 3.69. The normalized spacial score (nSPS) is 20.0. The van der Waals surface area contributed by atoms with Gasteiger partial charge >= 0.3 is 6.03 Å². The van der Waals surface area contributed by atoms with Crippen LogP contribution in [-0.2, 0) is 6.54 Å². The topological polar surface area (TPSA) is 73.8 Å². The van der Waals surface area contributed by atoms with Crippen molar-refractivity contribution in [1.29, 1.82) is 0 Å². The third kappa shape index (κ3) is 5.14. The third-order valence-corrected chi connectivity index (χ3v) is 5.45. The van der Waals surface area contributed by atoms with Gasteiger partial charge in [-0.1, -0.05) is 0 Å². The molecular weight excluding hydrogens is 368 g/mol. The highest BCUT2D eigenvalue weighted by molar-refractivity contribution is 5.74. The maximum Gasteiger partial charge on any atom is 0.317 e. The van der Waals surface area contributed by atoms with E-state index in [1.807, 2.05) is 29.3 Å². The number of aromatic nitrogens is 2. The van der Waals surface area contributed by atoms with Crippen molar-refractivity contribution in [3.63, 3.8) is 0 Å². The SMILES string of the molecule is CN1CCN(c2cc(CNC(=O)N3CCC(Oc4cccnc4)C3)ccn2)CC1. The molecule has 2 fully saturated rings. The first kappa shape index (κ1) is 19.4.